The molecule has 0 saturated carbocycles. The summed E-state index contributed by atoms with van der Waals surface area (Å²) in [6.45, 7) is 0. The van der Waals surface area contributed by atoms with Crippen molar-refractivity contribution in [2.75, 3.05) is 0 Å². The second-order valence-electron chi connectivity index (χ2n) is 2.81. The quantitative estimate of drug-likeness (QED) is 0.540. The van der Waals surface area contributed by atoms with Gasteiger partial charge in [-0.05, 0) is 34.7 Å². The summed E-state index contributed by atoms with van der Waals surface area (Å²) < 4.78 is 2.07. The molecule has 1 aromatic heterocycles. The Morgan fingerprint density at radius 3 is 2.57 bits per heavy atom. The van der Waals surface area contributed by atoms with Crippen LogP contribution >= 0.6 is 33.9 Å². The van der Waals surface area contributed by atoms with Gasteiger partial charge in [0.2, 0.25) is 0 Å². The predicted octanol–water partition coefficient (Wildman–Crippen LogP) is 0.891. The molecule has 0 unspecified atom stereocenters. The van der Waals surface area contributed by atoms with Crippen molar-refractivity contribution >= 4 is 55.9 Å². The lowest BCUT2D eigenvalue weighted by Crippen LogP contribution is -2.26. The van der Waals surface area contributed by atoms with Crippen molar-refractivity contribution in [3.05, 3.63) is 21.8 Å². The van der Waals surface area contributed by atoms with Gasteiger partial charge in [-0.3, -0.25) is 0 Å². The van der Waals surface area contributed by atoms with Crippen molar-refractivity contribution in [1.29, 1.82) is 0 Å². The maximum atomic E-state index is 9.67. The molecule has 0 aliphatic carbocycles. The molecular formula is C8H6BIO3S. The van der Waals surface area contributed by atoms with Gasteiger partial charge < -0.3 is 15.2 Å². The summed E-state index contributed by atoms with van der Waals surface area (Å²) in [5, 5.41) is 28.3. The number of thiophene rings is 1. The zero-order valence-electron chi connectivity index (χ0n) is 6.94. The van der Waals surface area contributed by atoms with Crippen LogP contribution in [0.25, 0.3) is 10.1 Å². The summed E-state index contributed by atoms with van der Waals surface area (Å²) in [7, 11) is -1.61. The van der Waals surface area contributed by atoms with Crippen LogP contribution in [0, 0.1) is 3.57 Å². The Bertz CT molecular complexity index is 483. The Labute approximate surface area is 98.3 Å². The second kappa shape index (κ2) is 3.69. The second-order valence-corrected chi connectivity index (χ2v) is 5.02. The van der Waals surface area contributed by atoms with E-state index in [1.807, 2.05) is 12.1 Å². The van der Waals surface area contributed by atoms with Gasteiger partial charge in [0.15, 0.2) is 0 Å². The van der Waals surface area contributed by atoms with E-state index in [1.165, 1.54) is 11.3 Å². The van der Waals surface area contributed by atoms with E-state index in [-0.39, 0.29) is 10.5 Å². The number of halogens is 1. The molecule has 1 heterocycles. The lowest BCUT2D eigenvalue weighted by atomic mass is 9.88. The Kier molecular flexibility index (Phi) is 2.69. The van der Waals surface area contributed by atoms with Crippen molar-refractivity contribution in [3.63, 3.8) is 0 Å². The van der Waals surface area contributed by atoms with Crippen molar-refractivity contribution in [2.45, 2.75) is 0 Å². The van der Waals surface area contributed by atoms with Gasteiger partial charge in [0.05, 0.1) is 9.48 Å². The first-order valence-corrected chi connectivity index (χ1v) is 5.77. The maximum Gasteiger partial charge on any atom is 0.502 e. The lowest BCUT2D eigenvalue weighted by Gasteiger charge is -1.94. The number of benzene rings is 1. The monoisotopic (exact) mass is 320 g/mol. The number of rotatable bonds is 1. The highest BCUT2D eigenvalue weighted by atomic mass is 127. The van der Waals surface area contributed by atoms with Gasteiger partial charge >= 0.3 is 7.12 Å². The Balaban J connectivity index is 2.80. The largest absolute Gasteiger partial charge is 0.507 e. The van der Waals surface area contributed by atoms with Crippen LogP contribution in [0.5, 0.6) is 5.75 Å². The van der Waals surface area contributed by atoms with Gasteiger partial charge in [0.1, 0.15) is 5.75 Å². The third-order valence-electron chi connectivity index (χ3n) is 1.90. The molecule has 72 valence electrons. The molecule has 0 saturated heterocycles. The molecule has 3 N–H and O–H groups in total. The third-order valence-corrected chi connectivity index (χ3v) is 4.44. The number of aromatic hydroxyl groups is 1. The van der Waals surface area contributed by atoms with Gasteiger partial charge in [0.25, 0.3) is 0 Å². The van der Waals surface area contributed by atoms with Crippen LogP contribution in [-0.2, 0) is 0 Å². The summed E-state index contributed by atoms with van der Waals surface area (Å²) in [6.07, 6.45) is 0. The first-order valence-electron chi connectivity index (χ1n) is 3.87. The molecule has 0 spiro atoms. The molecule has 2 aromatic rings. The van der Waals surface area contributed by atoms with E-state index < -0.39 is 7.12 Å². The predicted molar refractivity (Wildman–Crippen MR) is 66.0 cm³/mol. The van der Waals surface area contributed by atoms with E-state index in [2.05, 4.69) is 22.6 Å². The van der Waals surface area contributed by atoms with E-state index in [4.69, 9.17) is 10.0 Å². The van der Waals surface area contributed by atoms with E-state index in [0.29, 0.717) is 5.39 Å². The first-order chi connectivity index (χ1) is 6.61. The molecule has 0 aliphatic heterocycles. The normalized spacial score (nSPS) is 10.8. The highest BCUT2D eigenvalue weighted by molar-refractivity contribution is 14.1. The Morgan fingerprint density at radius 1 is 1.29 bits per heavy atom. The minimum atomic E-state index is -1.61. The average Bonchev–Trinajstić information content (AvgIpc) is 2.46. The maximum absolute atomic E-state index is 9.67. The molecule has 3 nitrogen and oxygen atoms in total. The number of hydrogen-bond acceptors (Lipinski definition) is 4. The van der Waals surface area contributed by atoms with Crippen LogP contribution < -0.4 is 4.78 Å². The smallest absolute Gasteiger partial charge is 0.502 e. The van der Waals surface area contributed by atoms with Crippen LogP contribution in [0.2, 0.25) is 0 Å². The molecule has 1 aromatic carbocycles. The molecule has 0 radical (unpaired) electrons. The highest BCUT2D eigenvalue weighted by Crippen LogP contribution is 2.32. The van der Waals surface area contributed by atoms with Crippen LogP contribution in [-0.4, -0.2) is 22.3 Å². The summed E-state index contributed by atoms with van der Waals surface area (Å²) >= 11 is 3.35. The zero-order chi connectivity index (χ0) is 10.3. The van der Waals surface area contributed by atoms with E-state index in [9.17, 15) is 5.11 Å². The average molecular weight is 320 g/mol. The molecule has 0 aliphatic rings. The summed E-state index contributed by atoms with van der Waals surface area (Å²) in [4.78, 5) is 0. The first kappa shape index (κ1) is 10.2. The SMILES string of the molecule is OB(O)c1sc2c(I)cccc2c1O. The molecule has 0 bridgehead atoms. The fourth-order valence-electron chi connectivity index (χ4n) is 1.27. The molecule has 6 heteroatoms. The van der Waals surface area contributed by atoms with Gasteiger partial charge in [0, 0.05) is 8.96 Å². The Hall–Kier alpha value is -0.305. The molecule has 0 fully saturated rings. The minimum Gasteiger partial charge on any atom is -0.507 e. The van der Waals surface area contributed by atoms with Gasteiger partial charge in [-0.1, -0.05) is 6.07 Å². The third kappa shape index (κ3) is 1.52. The molecular weight excluding hydrogens is 314 g/mol. The number of hydrogen-bond donors (Lipinski definition) is 3. The molecule has 14 heavy (non-hydrogen) atoms. The van der Waals surface area contributed by atoms with Crippen LogP contribution in [0.3, 0.4) is 0 Å². The highest BCUT2D eigenvalue weighted by Gasteiger charge is 2.22. The summed E-state index contributed by atoms with van der Waals surface area (Å²) in [5.74, 6) is -0.0292. The molecule has 0 atom stereocenters. The van der Waals surface area contributed by atoms with Gasteiger partial charge in [-0.25, -0.2) is 0 Å². The van der Waals surface area contributed by atoms with Crippen LogP contribution in [0.4, 0.5) is 0 Å². The lowest BCUT2D eigenvalue weighted by molar-refractivity contribution is 0.422. The Morgan fingerprint density at radius 2 is 2.00 bits per heavy atom. The standard InChI is InChI=1S/C8H6BIO3S/c10-5-3-1-2-4-6(11)8(9(12)13)14-7(4)5/h1-3,11-13H. The van der Waals surface area contributed by atoms with E-state index in [0.717, 1.165) is 8.27 Å². The van der Waals surface area contributed by atoms with Crippen molar-refractivity contribution in [1.82, 2.24) is 0 Å². The van der Waals surface area contributed by atoms with Crippen molar-refractivity contribution in [2.24, 2.45) is 0 Å². The van der Waals surface area contributed by atoms with Crippen molar-refractivity contribution < 1.29 is 15.2 Å². The minimum absolute atomic E-state index is 0.0292. The number of fused-ring (bicyclic) bond motifs is 1. The fourth-order valence-corrected chi connectivity index (χ4v) is 3.07. The van der Waals surface area contributed by atoms with Gasteiger partial charge in [-0.15, -0.1) is 11.3 Å². The van der Waals surface area contributed by atoms with Crippen molar-refractivity contribution in [3.8, 4) is 5.75 Å². The molecule has 0 amide bonds. The zero-order valence-corrected chi connectivity index (χ0v) is 9.91. The fraction of sp³-hybridized carbons (Fsp3) is 0. The van der Waals surface area contributed by atoms with Crippen LogP contribution in [0.15, 0.2) is 18.2 Å². The summed E-state index contributed by atoms with van der Waals surface area (Å²) in [5.41, 5.74) is 0. The van der Waals surface area contributed by atoms with E-state index >= 15 is 0 Å². The summed E-state index contributed by atoms with van der Waals surface area (Å²) in [6, 6.07) is 5.49. The van der Waals surface area contributed by atoms with Gasteiger partial charge in [-0.2, -0.15) is 0 Å². The topological polar surface area (TPSA) is 60.7 Å². The van der Waals surface area contributed by atoms with E-state index in [1.54, 1.807) is 6.07 Å². The molecule has 2 rings (SSSR count). The van der Waals surface area contributed by atoms with Crippen LogP contribution in [0.1, 0.15) is 0 Å².